The van der Waals surface area contributed by atoms with Crippen LogP contribution in [0.2, 0.25) is 0 Å². The second-order valence-corrected chi connectivity index (χ2v) is 4.67. The molecular formula is C15H22FNO2. The van der Waals surface area contributed by atoms with E-state index in [0.717, 1.165) is 6.42 Å². The van der Waals surface area contributed by atoms with E-state index in [1.807, 2.05) is 14.0 Å². The number of halogens is 1. The molecule has 0 heterocycles. The van der Waals surface area contributed by atoms with E-state index in [9.17, 15) is 9.18 Å². The monoisotopic (exact) mass is 267 g/mol. The summed E-state index contributed by atoms with van der Waals surface area (Å²) in [4.78, 5) is 13.6. The van der Waals surface area contributed by atoms with E-state index < -0.39 is 0 Å². The summed E-state index contributed by atoms with van der Waals surface area (Å²) < 4.78 is 18.1. The summed E-state index contributed by atoms with van der Waals surface area (Å²) in [6, 6.07) is 6.16. The molecule has 1 atom stereocenters. The molecule has 0 aliphatic rings. The van der Waals surface area contributed by atoms with Gasteiger partial charge in [-0.3, -0.25) is 4.79 Å². The van der Waals surface area contributed by atoms with Gasteiger partial charge < -0.3 is 9.64 Å². The van der Waals surface area contributed by atoms with Crippen LogP contribution in [0.5, 0.6) is 5.75 Å². The SMILES string of the molecule is CCC(C)N(C)C(=O)CCCOc1ccc(F)cc1. The Hall–Kier alpha value is -1.58. The molecule has 106 valence electrons. The number of rotatable bonds is 7. The Morgan fingerprint density at radius 1 is 1.37 bits per heavy atom. The zero-order valence-corrected chi connectivity index (χ0v) is 11.9. The third kappa shape index (κ3) is 5.28. The lowest BCUT2D eigenvalue weighted by atomic mass is 10.2. The zero-order valence-electron chi connectivity index (χ0n) is 11.9. The molecule has 0 aliphatic heterocycles. The molecule has 0 aliphatic carbocycles. The van der Waals surface area contributed by atoms with Crippen molar-refractivity contribution in [3.05, 3.63) is 30.1 Å². The Morgan fingerprint density at radius 3 is 2.58 bits per heavy atom. The number of amides is 1. The van der Waals surface area contributed by atoms with E-state index in [0.29, 0.717) is 25.2 Å². The van der Waals surface area contributed by atoms with Gasteiger partial charge in [0.15, 0.2) is 0 Å². The largest absolute Gasteiger partial charge is 0.494 e. The highest BCUT2D eigenvalue weighted by atomic mass is 19.1. The van der Waals surface area contributed by atoms with Gasteiger partial charge in [0.25, 0.3) is 0 Å². The lowest BCUT2D eigenvalue weighted by Gasteiger charge is -2.23. The van der Waals surface area contributed by atoms with Gasteiger partial charge in [0.2, 0.25) is 5.91 Å². The van der Waals surface area contributed by atoms with E-state index >= 15 is 0 Å². The molecule has 0 aromatic heterocycles. The maximum atomic E-state index is 12.7. The highest BCUT2D eigenvalue weighted by Gasteiger charge is 2.13. The minimum Gasteiger partial charge on any atom is -0.494 e. The van der Waals surface area contributed by atoms with Crippen LogP contribution >= 0.6 is 0 Å². The Bertz CT molecular complexity index is 392. The number of nitrogens with zero attached hydrogens (tertiary/aromatic N) is 1. The third-order valence-corrected chi connectivity index (χ3v) is 3.26. The number of carbonyl (C=O) groups excluding carboxylic acids is 1. The second-order valence-electron chi connectivity index (χ2n) is 4.67. The van der Waals surface area contributed by atoms with E-state index in [1.165, 1.54) is 12.1 Å². The summed E-state index contributed by atoms with van der Waals surface area (Å²) in [6.45, 7) is 4.56. The van der Waals surface area contributed by atoms with Gasteiger partial charge >= 0.3 is 0 Å². The van der Waals surface area contributed by atoms with Crippen LogP contribution in [0.1, 0.15) is 33.1 Å². The fourth-order valence-electron chi connectivity index (χ4n) is 1.64. The van der Waals surface area contributed by atoms with Gasteiger partial charge in [-0.2, -0.15) is 0 Å². The Labute approximate surface area is 114 Å². The minimum atomic E-state index is -0.280. The summed E-state index contributed by atoms with van der Waals surface area (Å²) in [6.07, 6.45) is 2.09. The fraction of sp³-hybridized carbons (Fsp3) is 0.533. The molecule has 0 bridgehead atoms. The van der Waals surface area contributed by atoms with Crippen LogP contribution in [-0.2, 0) is 4.79 Å². The number of hydrogen-bond donors (Lipinski definition) is 0. The van der Waals surface area contributed by atoms with E-state index in [1.54, 1.807) is 17.0 Å². The van der Waals surface area contributed by atoms with Crippen molar-refractivity contribution in [2.45, 2.75) is 39.2 Å². The first-order valence-electron chi connectivity index (χ1n) is 6.68. The maximum absolute atomic E-state index is 12.7. The molecule has 1 unspecified atom stereocenters. The summed E-state index contributed by atoms with van der Waals surface area (Å²) in [5.41, 5.74) is 0. The number of benzene rings is 1. The van der Waals surface area contributed by atoms with Gasteiger partial charge in [-0.15, -0.1) is 0 Å². The molecule has 0 spiro atoms. The smallest absolute Gasteiger partial charge is 0.222 e. The number of ether oxygens (including phenoxy) is 1. The Balaban J connectivity index is 2.23. The molecule has 1 aromatic carbocycles. The first-order chi connectivity index (χ1) is 9.04. The molecular weight excluding hydrogens is 245 g/mol. The topological polar surface area (TPSA) is 29.5 Å². The van der Waals surface area contributed by atoms with Crippen molar-refractivity contribution in [3.8, 4) is 5.75 Å². The predicted octanol–water partition coefficient (Wildman–Crippen LogP) is 3.24. The van der Waals surface area contributed by atoms with Crippen molar-refractivity contribution in [2.24, 2.45) is 0 Å². The van der Waals surface area contributed by atoms with Gasteiger partial charge in [0, 0.05) is 19.5 Å². The zero-order chi connectivity index (χ0) is 14.3. The van der Waals surface area contributed by atoms with Crippen molar-refractivity contribution in [1.29, 1.82) is 0 Å². The van der Waals surface area contributed by atoms with Gasteiger partial charge in [-0.05, 0) is 44.0 Å². The highest BCUT2D eigenvalue weighted by molar-refractivity contribution is 5.76. The van der Waals surface area contributed by atoms with Gasteiger partial charge in [-0.25, -0.2) is 4.39 Å². The average molecular weight is 267 g/mol. The second kappa shape index (κ2) is 7.77. The van der Waals surface area contributed by atoms with Crippen molar-refractivity contribution in [2.75, 3.05) is 13.7 Å². The molecule has 0 radical (unpaired) electrons. The van der Waals surface area contributed by atoms with E-state index in [2.05, 4.69) is 6.92 Å². The van der Waals surface area contributed by atoms with Crippen LogP contribution < -0.4 is 4.74 Å². The Morgan fingerprint density at radius 2 is 2.00 bits per heavy atom. The lowest BCUT2D eigenvalue weighted by molar-refractivity contribution is -0.131. The average Bonchev–Trinajstić information content (AvgIpc) is 2.43. The van der Waals surface area contributed by atoms with E-state index in [-0.39, 0.29) is 17.8 Å². The number of carbonyl (C=O) groups is 1. The van der Waals surface area contributed by atoms with Crippen molar-refractivity contribution >= 4 is 5.91 Å². The van der Waals surface area contributed by atoms with Crippen LogP contribution in [0, 0.1) is 5.82 Å². The van der Waals surface area contributed by atoms with Gasteiger partial charge in [-0.1, -0.05) is 6.92 Å². The van der Waals surface area contributed by atoms with Crippen LogP contribution in [0.4, 0.5) is 4.39 Å². The van der Waals surface area contributed by atoms with Crippen LogP contribution in [0.25, 0.3) is 0 Å². The summed E-state index contributed by atoms with van der Waals surface area (Å²) in [7, 11) is 1.83. The molecule has 3 nitrogen and oxygen atoms in total. The summed E-state index contributed by atoms with van der Waals surface area (Å²) in [5.74, 6) is 0.485. The molecule has 1 amide bonds. The minimum absolute atomic E-state index is 0.136. The third-order valence-electron chi connectivity index (χ3n) is 3.26. The fourth-order valence-corrected chi connectivity index (χ4v) is 1.64. The first-order valence-corrected chi connectivity index (χ1v) is 6.68. The Kier molecular flexibility index (Phi) is 6.33. The molecule has 19 heavy (non-hydrogen) atoms. The first kappa shape index (κ1) is 15.5. The van der Waals surface area contributed by atoms with Crippen LogP contribution in [0.3, 0.4) is 0 Å². The summed E-state index contributed by atoms with van der Waals surface area (Å²) >= 11 is 0. The van der Waals surface area contributed by atoms with Crippen molar-refractivity contribution in [3.63, 3.8) is 0 Å². The van der Waals surface area contributed by atoms with Crippen LogP contribution in [0.15, 0.2) is 24.3 Å². The number of hydrogen-bond acceptors (Lipinski definition) is 2. The predicted molar refractivity (Wildman–Crippen MR) is 73.7 cm³/mol. The molecule has 0 saturated heterocycles. The molecule has 1 aromatic rings. The normalized spacial score (nSPS) is 12.0. The highest BCUT2D eigenvalue weighted by Crippen LogP contribution is 2.12. The van der Waals surface area contributed by atoms with Gasteiger partial charge in [0.05, 0.1) is 6.61 Å². The van der Waals surface area contributed by atoms with E-state index in [4.69, 9.17) is 4.74 Å². The molecule has 4 heteroatoms. The van der Waals surface area contributed by atoms with Crippen molar-refractivity contribution in [1.82, 2.24) is 4.90 Å². The molecule has 1 rings (SSSR count). The molecule has 0 N–H and O–H groups in total. The standard InChI is InChI=1S/C15H22FNO2/c1-4-12(2)17(3)15(18)6-5-11-19-14-9-7-13(16)8-10-14/h7-10,12H,4-6,11H2,1-3H3. The summed E-state index contributed by atoms with van der Waals surface area (Å²) in [5, 5.41) is 0. The molecule has 0 saturated carbocycles. The van der Waals surface area contributed by atoms with Crippen molar-refractivity contribution < 1.29 is 13.9 Å². The quantitative estimate of drug-likeness (QED) is 0.710. The van der Waals surface area contributed by atoms with Crippen LogP contribution in [-0.4, -0.2) is 30.5 Å². The molecule has 0 fully saturated rings. The maximum Gasteiger partial charge on any atom is 0.222 e. The lowest BCUT2D eigenvalue weighted by Crippen LogP contribution is -2.34. The van der Waals surface area contributed by atoms with Gasteiger partial charge in [0.1, 0.15) is 11.6 Å².